The molecule has 0 saturated heterocycles. The summed E-state index contributed by atoms with van der Waals surface area (Å²) in [6.45, 7) is 0. The Kier molecular flexibility index (Phi) is 3.85. The molecule has 0 fully saturated rings. The van der Waals surface area contributed by atoms with Crippen molar-refractivity contribution in [2.75, 3.05) is 11.1 Å². The Balaban J connectivity index is 1.97. The van der Waals surface area contributed by atoms with Gasteiger partial charge in [-0.25, -0.2) is 0 Å². The molecule has 27 heavy (non-hydrogen) atoms. The van der Waals surface area contributed by atoms with Gasteiger partial charge in [0.25, 0.3) is 5.91 Å². The Morgan fingerprint density at radius 2 is 1.81 bits per heavy atom. The number of phenols is 1. The summed E-state index contributed by atoms with van der Waals surface area (Å²) in [7, 11) is 0. The highest BCUT2D eigenvalue weighted by Crippen LogP contribution is 2.38. The maximum absolute atomic E-state index is 12.0. The highest BCUT2D eigenvalue weighted by Gasteiger charge is 2.22. The predicted octanol–water partition coefficient (Wildman–Crippen LogP) is 2.76. The van der Waals surface area contributed by atoms with Gasteiger partial charge in [0.05, 0.1) is 11.1 Å². The van der Waals surface area contributed by atoms with Gasteiger partial charge in [-0.3, -0.25) is 4.79 Å². The van der Waals surface area contributed by atoms with E-state index in [0.717, 1.165) is 5.69 Å². The number of hydrogen-bond donors (Lipinski definition) is 5. The van der Waals surface area contributed by atoms with Crippen LogP contribution in [0.25, 0.3) is 22.2 Å². The lowest BCUT2D eigenvalue weighted by Gasteiger charge is -2.12. The third kappa shape index (κ3) is 2.89. The number of primary amides is 1. The molecule has 0 aliphatic heterocycles. The first-order valence-electron chi connectivity index (χ1n) is 8.13. The third-order valence-corrected chi connectivity index (χ3v) is 4.21. The molecule has 0 bridgehead atoms. The number of anilines is 3. The number of aromatic hydroxyl groups is 1. The lowest BCUT2D eigenvalue weighted by molar-refractivity contribution is 0.0995. The smallest absolute Gasteiger partial charge is 0.269 e. The molecular weight excluding hydrogens is 344 g/mol. The fraction of sp³-hybridized carbons (Fsp3) is 0. The number of carbonyl (C=O) groups excluding carboxylic acids is 1. The molecule has 134 valence electrons. The van der Waals surface area contributed by atoms with Gasteiger partial charge in [0, 0.05) is 28.7 Å². The van der Waals surface area contributed by atoms with Gasteiger partial charge in [0.2, 0.25) is 0 Å². The molecule has 1 amide bonds. The van der Waals surface area contributed by atoms with E-state index < -0.39 is 5.91 Å². The Morgan fingerprint density at radius 1 is 1.07 bits per heavy atom. The molecule has 0 aliphatic rings. The number of carbonyl (C=O) groups is 1. The summed E-state index contributed by atoms with van der Waals surface area (Å²) in [4.78, 5) is 15.0. The number of nitrogens with one attached hydrogen (secondary N) is 2. The van der Waals surface area contributed by atoms with Crippen LogP contribution < -0.4 is 16.8 Å². The first-order valence-corrected chi connectivity index (χ1v) is 8.13. The number of nitrogens with two attached hydrogens (primary N) is 2. The normalized spacial score (nSPS) is 10.8. The molecule has 0 aliphatic carbocycles. The number of benzene rings is 2. The van der Waals surface area contributed by atoms with Crippen LogP contribution >= 0.6 is 0 Å². The largest absolute Gasteiger partial charge is 0.508 e. The summed E-state index contributed by atoms with van der Waals surface area (Å²) < 4.78 is 0. The summed E-state index contributed by atoms with van der Waals surface area (Å²) in [5.74, 6) is -0.529. The van der Waals surface area contributed by atoms with Crippen LogP contribution in [0.1, 0.15) is 10.5 Å². The minimum atomic E-state index is -0.695. The number of amides is 1. The Labute approximate surface area is 153 Å². The van der Waals surface area contributed by atoms with Gasteiger partial charge >= 0.3 is 0 Å². The second-order valence-corrected chi connectivity index (χ2v) is 5.97. The van der Waals surface area contributed by atoms with E-state index in [1.54, 1.807) is 48.7 Å². The molecule has 7 N–H and O–H groups in total. The van der Waals surface area contributed by atoms with Crippen molar-refractivity contribution in [2.24, 2.45) is 5.73 Å². The molecule has 4 rings (SSSR count). The number of hydrogen-bond acceptors (Lipinski definition) is 6. The Bertz CT molecular complexity index is 1150. The van der Waals surface area contributed by atoms with E-state index >= 15 is 0 Å². The van der Waals surface area contributed by atoms with Gasteiger partial charge in [-0.2, -0.15) is 0 Å². The highest BCUT2D eigenvalue weighted by molar-refractivity contribution is 6.12. The third-order valence-electron chi connectivity index (χ3n) is 4.21. The van der Waals surface area contributed by atoms with Crippen molar-refractivity contribution < 1.29 is 9.90 Å². The van der Waals surface area contributed by atoms with Crippen LogP contribution in [0.3, 0.4) is 0 Å². The lowest BCUT2D eigenvalue weighted by atomic mass is 9.98. The van der Waals surface area contributed by atoms with E-state index in [2.05, 4.69) is 20.5 Å². The molecule has 8 nitrogen and oxygen atoms in total. The fourth-order valence-electron chi connectivity index (χ4n) is 2.97. The van der Waals surface area contributed by atoms with Crippen LogP contribution in [0, 0.1) is 0 Å². The second kappa shape index (κ2) is 6.34. The van der Waals surface area contributed by atoms with E-state index in [-0.39, 0.29) is 11.4 Å². The number of phenolic OH excluding ortho intramolecular Hbond substituents is 1. The molecule has 2 aromatic heterocycles. The van der Waals surface area contributed by atoms with Crippen LogP contribution in [-0.2, 0) is 0 Å². The van der Waals surface area contributed by atoms with Crippen molar-refractivity contribution in [1.82, 2.24) is 15.2 Å². The second-order valence-electron chi connectivity index (χ2n) is 5.97. The number of rotatable bonds is 4. The van der Waals surface area contributed by atoms with Crippen LogP contribution in [0.15, 0.2) is 54.7 Å². The number of para-hydroxylation sites is 1. The Hall–Kier alpha value is -4.07. The minimum absolute atomic E-state index is 0.0359. The zero-order valence-corrected chi connectivity index (χ0v) is 14.1. The van der Waals surface area contributed by atoms with Gasteiger partial charge in [-0.05, 0) is 30.3 Å². The summed E-state index contributed by atoms with van der Waals surface area (Å²) in [5, 5.41) is 21.4. The SMILES string of the molecule is NC(=O)c1nnc2[nH]cc(Nc3ccc(O)cc3)c2c1-c1ccccc1N. The minimum Gasteiger partial charge on any atom is -0.508 e. The molecule has 0 saturated carbocycles. The summed E-state index contributed by atoms with van der Waals surface area (Å²) in [6.07, 6.45) is 1.72. The van der Waals surface area contributed by atoms with Crippen molar-refractivity contribution in [1.29, 1.82) is 0 Å². The van der Waals surface area contributed by atoms with Crippen molar-refractivity contribution in [2.45, 2.75) is 0 Å². The predicted molar refractivity (Wildman–Crippen MR) is 104 cm³/mol. The first-order chi connectivity index (χ1) is 13.0. The topological polar surface area (TPSA) is 143 Å². The van der Waals surface area contributed by atoms with E-state index in [0.29, 0.717) is 33.5 Å². The first kappa shape index (κ1) is 16.4. The average Bonchev–Trinajstić information content (AvgIpc) is 3.06. The number of nitrogen functional groups attached to an aromatic ring is 1. The van der Waals surface area contributed by atoms with Crippen LogP contribution in [-0.4, -0.2) is 26.2 Å². The highest BCUT2D eigenvalue weighted by atomic mass is 16.3. The zero-order chi connectivity index (χ0) is 19.0. The average molecular weight is 360 g/mol. The molecule has 0 radical (unpaired) electrons. The van der Waals surface area contributed by atoms with Crippen molar-refractivity contribution in [3.63, 3.8) is 0 Å². The number of H-pyrrole nitrogens is 1. The molecule has 0 atom stereocenters. The van der Waals surface area contributed by atoms with Gasteiger partial charge in [-0.1, -0.05) is 18.2 Å². The van der Waals surface area contributed by atoms with Crippen molar-refractivity contribution >= 4 is 34.0 Å². The number of nitrogens with zero attached hydrogens (tertiary/aromatic N) is 2. The van der Waals surface area contributed by atoms with Crippen LogP contribution in [0.5, 0.6) is 5.75 Å². The fourth-order valence-corrected chi connectivity index (χ4v) is 2.97. The van der Waals surface area contributed by atoms with Crippen molar-refractivity contribution in [3.8, 4) is 16.9 Å². The Morgan fingerprint density at radius 3 is 2.52 bits per heavy atom. The molecule has 8 heteroatoms. The van der Waals surface area contributed by atoms with E-state index in [1.807, 2.05) is 6.07 Å². The number of aromatic nitrogens is 3. The standard InChI is InChI=1S/C19H16N6O2/c20-13-4-2-1-3-12(13)15-16-14(23-10-5-7-11(26)8-6-10)9-22-19(16)25-24-17(15)18(21)27/h1-9,23,26H,20H2,(H2,21,27)(H,22,25). The van der Waals surface area contributed by atoms with Gasteiger partial charge in [0.15, 0.2) is 11.3 Å². The van der Waals surface area contributed by atoms with E-state index in [4.69, 9.17) is 11.5 Å². The number of aromatic amines is 1. The molecule has 2 heterocycles. The zero-order valence-electron chi connectivity index (χ0n) is 14.1. The maximum Gasteiger partial charge on any atom is 0.269 e. The molecule has 4 aromatic rings. The lowest BCUT2D eigenvalue weighted by Crippen LogP contribution is -2.16. The van der Waals surface area contributed by atoms with Crippen LogP contribution in [0.4, 0.5) is 17.1 Å². The quantitative estimate of drug-likeness (QED) is 0.280. The summed E-state index contributed by atoms with van der Waals surface area (Å²) in [5.41, 5.74) is 15.3. The molecule has 0 spiro atoms. The molecule has 0 unspecified atom stereocenters. The van der Waals surface area contributed by atoms with Crippen molar-refractivity contribution in [3.05, 3.63) is 60.4 Å². The van der Waals surface area contributed by atoms with Crippen LogP contribution in [0.2, 0.25) is 0 Å². The molecular formula is C19H16N6O2. The summed E-state index contributed by atoms with van der Waals surface area (Å²) >= 11 is 0. The molecule has 2 aromatic carbocycles. The summed E-state index contributed by atoms with van der Waals surface area (Å²) in [6, 6.07) is 13.8. The van der Waals surface area contributed by atoms with Gasteiger partial charge in [0.1, 0.15) is 5.75 Å². The number of fused-ring (bicyclic) bond motifs is 1. The van der Waals surface area contributed by atoms with Gasteiger partial charge in [-0.15, -0.1) is 10.2 Å². The van der Waals surface area contributed by atoms with E-state index in [9.17, 15) is 9.90 Å². The van der Waals surface area contributed by atoms with Gasteiger partial charge < -0.3 is 26.9 Å². The monoisotopic (exact) mass is 360 g/mol. The van der Waals surface area contributed by atoms with E-state index in [1.165, 1.54) is 0 Å². The maximum atomic E-state index is 12.0.